The van der Waals surface area contributed by atoms with E-state index in [4.69, 9.17) is 0 Å². The summed E-state index contributed by atoms with van der Waals surface area (Å²) in [6.07, 6.45) is 0.819. The first-order chi connectivity index (χ1) is 8.30. The minimum absolute atomic E-state index is 0. The van der Waals surface area contributed by atoms with Crippen molar-refractivity contribution in [2.45, 2.75) is 12.8 Å². The van der Waals surface area contributed by atoms with Crippen molar-refractivity contribution >= 4 is 6.09 Å². The number of nitrogens with zero attached hydrogens (tertiary/aromatic N) is 1. The second kappa shape index (κ2) is 11.7. The first-order valence-corrected chi connectivity index (χ1v) is 6.39. The second-order valence-electron chi connectivity index (χ2n) is 4.21. The molecule has 1 heterocycles. The number of carbonyl (C=O) groups excluding carboxylic acids is 1. The zero-order chi connectivity index (χ0) is 12.3. The van der Waals surface area contributed by atoms with Crippen LogP contribution < -0.4 is 21.1 Å². The van der Waals surface area contributed by atoms with Crippen molar-refractivity contribution in [2.75, 3.05) is 52.4 Å². The molecule has 0 aromatic heterocycles. The molecule has 0 unspecified atom stereocenters. The van der Waals surface area contributed by atoms with Gasteiger partial charge in [-0.15, -0.1) is 0 Å². The molecule has 0 radical (unpaired) electrons. The van der Waals surface area contributed by atoms with Crippen LogP contribution in [-0.4, -0.2) is 63.4 Å². The van der Waals surface area contributed by atoms with Gasteiger partial charge in [0.2, 0.25) is 0 Å². The average Bonchev–Trinajstić information content (AvgIpc) is 2.31. The average molecular weight is 307 g/mol. The number of carbonyl (C=O) groups is 1. The summed E-state index contributed by atoms with van der Waals surface area (Å²) in [5, 5.41) is 20.7. The molecule has 0 bridgehead atoms. The molecule has 7 heteroatoms. The van der Waals surface area contributed by atoms with Gasteiger partial charge in [0.1, 0.15) is 6.09 Å². The van der Waals surface area contributed by atoms with Gasteiger partial charge >= 0.3 is 17.1 Å². The molecule has 0 spiro atoms. The van der Waals surface area contributed by atoms with E-state index in [2.05, 4.69) is 16.0 Å². The summed E-state index contributed by atoms with van der Waals surface area (Å²) in [5.74, 6) is 0. The molecular weight excluding hydrogens is 284 g/mol. The normalized spacial score (nSPS) is 20.6. The summed E-state index contributed by atoms with van der Waals surface area (Å²) in [4.78, 5) is 12.2. The molecule has 0 atom stereocenters. The monoisotopic (exact) mass is 306 g/mol. The molecule has 1 aliphatic rings. The van der Waals surface area contributed by atoms with Gasteiger partial charge in [0.15, 0.2) is 0 Å². The van der Waals surface area contributed by atoms with Crippen molar-refractivity contribution < 1.29 is 27.0 Å². The zero-order valence-corrected chi connectivity index (χ0v) is 11.6. The fourth-order valence-corrected chi connectivity index (χ4v) is 1.79. The summed E-state index contributed by atoms with van der Waals surface area (Å²) in [6.45, 7) is 6.41. The fraction of sp³-hybridized carbons (Fsp3) is 0.909. The molecule has 3 N–H and O–H groups in total. The topological polar surface area (TPSA) is 79.5 Å². The van der Waals surface area contributed by atoms with Crippen molar-refractivity contribution in [3.05, 3.63) is 0 Å². The first-order valence-electron chi connectivity index (χ1n) is 6.39. The van der Waals surface area contributed by atoms with E-state index in [-0.39, 0.29) is 17.1 Å². The number of nitrogens with one attached hydrogen (secondary N) is 3. The number of hydrogen-bond donors (Lipinski definition) is 3. The molecular formula is C11H23CuN4O2. The van der Waals surface area contributed by atoms with Crippen molar-refractivity contribution in [1.82, 2.24) is 20.9 Å². The number of carboxylic acid groups (broad SMARTS) is 1. The Morgan fingerprint density at radius 1 is 0.833 bits per heavy atom. The van der Waals surface area contributed by atoms with E-state index in [1.165, 1.54) is 4.90 Å². The Labute approximate surface area is 119 Å². The maximum atomic E-state index is 10.9. The molecule has 0 saturated carbocycles. The summed E-state index contributed by atoms with van der Waals surface area (Å²) in [6, 6.07) is 0. The van der Waals surface area contributed by atoms with Gasteiger partial charge < -0.3 is 30.8 Å². The third-order valence-corrected chi connectivity index (χ3v) is 2.78. The predicted octanol–water partition coefficient (Wildman–Crippen LogP) is -1.81. The Balaban J connectivity index is 0.00000289. The summed E-state index contributed by atoms with van der Waals surface area (Å²) in [7, 11) is 0. The van der Waals surface area contributed by atoms with Crippen LogP contribution in [0.2, 0.25) is 0 Å². The quantitative estimate of drug-likeness (QED) is 0.460. The van der Waals surface area contributed by atoms with E-state index < -0.39 is 6.09 Å². The van der Waals surface area contributed by atoms with E-state index in [1.807, 2.05) is 0 Å². The summed E-state index contributed by atoms with van der Waals surface area (Å²) in [5.41, 5.74) is 0. The number of amides is 1. The standard InChI is InChI=1S/C11H24N4O2.Cu/c16-11(17)15-9-2-5-13-7-6-12-3-1-4-14-8-10-15;/h12-14H,1-10H2,(H,16,17);/q;+1/p-1. The van der Waals surface area contributed by atoms with Crippen LogP contribution in [0.15, 0.2) is 0 Å². The van der Waals surface area contributed by atoms with Crippen molar-refractivity contribution in [3.63, 3.8) is 0 Å². The maximum Gasteiger partial charge on any atom is 1.00 e. The van der Waals surface area contributed by atoms with Gasteiger partial charge in [-0.1, -0.05) is 0 Å². The van der Waals surface area contributed by atoms with Crippen LogP contribution in [0.4, 0.5) is 4.79 Å². The first kappa shape index (κ1) is 17.7. The van der Waals surface area contributed by atoms with Gasteiger partial charge in [0.05, 0.1) is 0 Å². The second-order valence-corrected chi connectivity index (χ2v) is 4.21. The number of rotatable bonds is 0. The van der Waals surface area contributed by atoms with E-state index >= 15 is 0 Å². The van der Waals surface area contributed by atoms with E-state index in [9.17, 15) is 9.90 Å². The number of hydrogen-bond acceptors (Lipinski definition) is 5. The van der Waals surface area contributed by atoms with Crippen LogP contribution >= 0.6 is 0 Å². The van der Waals surface area contributed by atoms with E-state index in [1.54, 1.807) is 0 Å². The molecule has 1 rings (SSSR count). The van der Waals surface area contributed by atoms with E-state index in [0.717, 1.165) is 45.6 Å². The van der Waals surface area contributed by atoms with Gasteiger partial charge in [0, 0.05) is 32.7 Å². The molecule has 0 aromatic rings. The fourth-order valence-electron chi connectivity index (χ4n) is 1.79. The van der Waals surface area contributed by atoms with Crippen LogP contribution in [0, 0.1) is 0 Å². The molecule has 6 nitrogen and oxygen atoms in total. The Bertz CT molecular complexity index is 205. The molecule has 1 amide bonds. The third kappa shape index (κ3) is 8.72. The van der Waals surface area contributed by atoms with Gasteiger partial charge in [-0.25, -0.2) is 0 Å². The Kier molecular flexibility index (Phi) is 11.5. The molecule has 0 aliphatic carbocycles. The van der Waals surface area contributed by atoms with Crippen LogP contribution in [0.25, 0.3) is 0 Å². The zero-order valence-electron chi connectivity index (χ0n) is 10.6. The summed E-state index contributed by atoms with van der Waals surface area (Å²) < 4.78 is 0. The largest absolute Gasteiger partial charge is 1.00 e. The van der Waals surface area contributed by atoms with Gasteiger partial charge in [-0.2, -0.15) is 0 Å². The van der Waals surface area contributed by atoms with Crippen LogP contribution in [0.3, 0.4) is 0 Å². The van der Waals surface area contributed by atoms with Crippen LogP contribution in [-0.2, 0) is 17.1 Å². The Hall–Kier alpha value is -0.331. The Morgan fingerprint density at radius 2 is 1.39 bits per heavy atom. The van der Waals surface area contributed by atoms with Crippen molar-refractivity contribution in [2.24, 2.45) is 0 Å². The van der Waals surface area contributed by atoms with Crippen molar-refractivity contribution in [3.8, 4) is 0 Å². The molecule has 1 saturated heterocycles. The van der Waals surface area contributed by atoms with Crippen molar-refractivity contribution in [1.29, 1.82) is 0 Å². The van der Waals surface area contributed by atoms with Gasteiger partial charge in [0.25, 0.3) is 0 Å². The SMILES string of the molecule is O=C([O-])N1CCCNCCNCCCNCC1.[Cu+]. The molecule has 18 heavy (non-hydrogen) atoms. The van der Waals surface area contributed by atoms with Gasteiger partial charge in [-0.05, 0) is 32.5 Å². The Morgan fingerprint density at radius 3 is 2.00 bits per heavy atom. The predicted molar refractivity (Wildman–Crippen MR) is 64.8 cm³/mol. The molecule has 0 aromatic carbocycles. The molecule has 1 aliphatic heterocycles. The minimum Gasteiger partial charge on any atom is -0.530 e. The molecule has 110 valence electrons. The third-order valence-electron chi connectivity index (χ3n) is 2.78. The van der Waals surface area contributed by atoms with Gasteiger partial charge in [-0.3, -0.25) is 0 Å². The maximum absolute atomic E-state index is 10.9. The smallest absolute Gasteiger partial charge is 0.530 e. The molecule has 1 fully saturated rings. The van der Waals surface area contributed by atoms with E-state index in [0.29, 0.717) is 19.6 Å². The summed E-state index contributed by atoms with van der Waals surface area (Å²) >= 11 is 0. The minimum atomic E-state index is -1.07. The van der Waals surface area contributed by atoms with Crippen LogP contribution in [0.1, 0.15) is 12.8 Å². The van der Waals surface area contributed by atoms with Crippen LogP contribution in [0.5, 0.6) is 0 Å².